The smallest absolute Gasteiger partial charge is 0.226 e. The molecule has 0 fully saturated rings. The molecule has 112 valence electrons. The Bertz CT molecular complexity index is 581. The minimum absolute atomic E-state index is 0.0167. The summed E-state index contributed by atoms with van der Waals surface area (Å²) in [6.45, 7) is 4.15. The van der Waals surface area contributed by atoms with E-state index in [1.54, 1.807) is 11.8 Å². The van der Waals surface area contributed by atoms with Gasteiger partial charge >= 0.3 is 0 Å². The number of hydrogen-bond donors (Lipinski definition) is 1. The molecule has 1 aromatic carbocycles. The summed E-state index contributed by atoms with van der Waals surface area (Å²) in [5.74, 6) is 0.877. The van der Waals surface area contributed by atoms with Crippen LogP contribution in [-0.4, -0.2) is 16.1 Å². The third-order valence-electron chi connectivity index (χ3n) is 2.89. The molecule has 0 atom stereocenters. The Morgan fingerprint density at radius 1 is 1.29 bits per heavy atom. The first kappa shape index (κ1) is 16.0. The second-order valence-electron chi connectivity index (χ2n) is 4.80. The molecule has 6 heteroatoms. The lowest BCUT2D eigenvalue weighted by Crippen LogP contribution is -2.10. The molecule has 0 aliphatic heterocycles. The standard InChI is InChI=1S/C15H19N3OS2/c1-3-4-5-13(19)16-14-17-18-15(21-14)20-10-12-8-6-11(2)7-9-12/h6-9H,3-5,10H2,1-2H3,(H,16,17,19). The van der Waals surface area contributed by atoms with Crippen LogP contribution in [0.4, 0.5) is 5.13 Å². The Balaban J connectivity index is 1.82. The van der Waals surface area contributed by atoms with Crippen molar-refractivity contribution in [3.8, 4) is 0 Å². The van der Waals surface area contributed by atoms with Crippen molar-refractivity contribution in [3.05, 3.63) is 35.4 Å². The van der Waals surface area contributed by atoms with Crippen molar-refractivity contribution >= 4 is 34.1 Å². The SMILES string of the molecule is CCCCC(=O)Nc1nnc(SCc2ccc(C)cc2)s1. The highest BCUT2D eigenvalue weighted by molar-refractivity contribution is 8.00. The summed E-state index contributed by atoms with van der Waals surface area (Å²) in [6.07, 6.45) is 2.46. The molecule has 2 aromatic rings. The van der Waals surface area contributed by atoms with Crippen molar-refractivity contribution in [1.82, 2.24) is 10.2 Å². The predicted molar refractivity (Wildman–Crippen MR) is 88.8 cm³/mol. The monoisotopic (exact) mass is 321 g/mol. The van der Waals surface area contributed by atoms with E-state index in [0.717, 1.165) is 22.9 Å². The number of aromatic nitrogens is 2. The molecule has 0 spiro atoms. The summed E-state index contributed by atoms with van der Waals surface area (Å²) in [6, 6.07) is 8.46. The maximum Gasteiger partial charge on any atom is 0.226 e. The third kappa shape index (κ3) is 5.47. The zero-order chi connectivity index (χ0) is 15.1. The van der Waals surface area contributed by atoms with E-state index < -0.39 is 0 Å². The highest BCUT2D eigenvalue weighted by Crippen LogP contribution is 2.28. The second-order valence-corrected chi connectivity index (χ2v) is 7.00. The highest BCUT2D eigenvalue weighted by atomic mass is 32.2. The van der Waals surface area contributed by atoms with Gasteiger partial charge in [-0.25, -0.2) is 0 Å². The van der Waals surface area contributed by atoms with Gasteiger partial charge in [-0.3, -0.25) is 4.79 Å². The molecule has 0 unspecified atom stereocenters. The lowest BCUT2D eigenvalue weighted by Gasteiger charge is -1.99. The summed E-state index contributed by atoms with van der Waals surface area (Å²) in [4.78, 5) is 11.6. The molecule has 0 saturated heterocycles. The lowest BCUT2D eigenvalue weighted by atomic mass is 10.2. The number of thioether (sulfide) groups is 1. The van der Waals surface area contributed by atoms with Crippen LogP contribution < -0.4 is 5.32 Å². The van der Waals surface area contributed by atoms with E-state index in [9.17, 15) is 4.79 Å². The Kier molecular flexibility index (Phi) is 6.20. The second kappa shape index (κ2) is 8.14. The first-order valence-electron chi connectivity index (χ1n) is 6.99. The van der Waals surface area contributed by atoms with E-state index in [1.807, 2.05) is 0 Å². The van der Waals surface area contributed by atoms with Crippen LogP contribution in [0.15, 0.2) is 28.6 Å². The zero-order valence-corrected chi connectivity index (χ0v) is 13.9. The molecular formula is C15H19N3OS2. The summed E-state index contributed by atoms with van der Waals surface area (Å²) < 4.78 is 0.876. The summed E-state index contributed by atoms with van der Waals surface area (Å²) in [5, 5.41) is 11.5. The molecule has 0 aliphatic carbocycles. The molecule has 1 amide bonds. The van der Waals surface area contributed by atoms with E-state index in [0.29, 0.717) is 11.6 Å². The first-order valence-corrected chi connectivity index (χ1v) is 8.79. The molecule has 0 aliphatic rings. The van der Waals surface area contributed by atoms with Crippen LogP contribution in [0.25, 0.3) is 0 Å². The van der Waals surface area contributed by atoms with Crippen molar-refractivity contribution < 1.29 is 4.79 Å². The van der Waals surface area contributed by atoms with Gasteiger partial charge in [0, 0.05) is 12.2 Å². The largest absolute Gasteiger partial charge is 0.301 e. The van der Waals surface area contributed by atoms with Gasteiger partial charge in [0.15, 0.2) is 4.34 Å². The molecule has 0 bridgehead atoms. The Morgan fingerprint density at radius 3 is 2.76 bits per heavy atom. The van der Waals surface area contributed by atoms with Crippen LogP contribution in [0, 0.1) is 6.92 Å². The van der Waals surface area contributed by atoms with Gasteiger partial charge in [0.05, 0.1) is 0 Å². The number of anilines is 1. The third-order valence-corrected chi connectivity index (χ3v) is 4.94. The molecule has 1 aromatic heterocycles. The van der Waals surface area contributed by atoms with Gasteiger partial charge in [-0.15, -0.1) is 10.2 Å². The van der Waals surface area contributed by atoms with Gasteiger partial charge < -0.3 is 5.32 Å². The van der Waals surface area contributed by atoms with Crippen LogP contribution in [0.1, 0.15) is 37.3 Å². The van der Waals surface area contributed by atoms with E-state index in [-0.39, 0.29) is 5.91 Å². The van der Waals surface area contributed by atoms with Crippen LogP contribution in [-0.2, 0) is 10.5 Å². The summed E-state index contributed by atoms with van der Waals surface area (Å²) in [5.41, 5.74) is 2.52. The lowest BCUT2D eigenvalue weighted by molar-refractivity contribution is -0.116. The average molecular weight is 321 g/mol. The van der Waals surface area contributed by atoms with Crippen LogP contribution in [0.5, 0.6) is 0 Å². The van der Waals surface area contributed by atoms with Crippen molar-refractivity contribution in [2.45, 2.75) is 43.2 Å². The molecule has 0 saturated carbocycles. The zero-order valence-electron chi connectivity index (χ0n) is 12.3. The molecule has 2 rings (SSSR count). The molecule has 0 radical (unpaired) electrons. The summed E-state index contributed by atoms with van der Waals surface area (Å²) in [7, 11) is 0. The van der Waals surface area contributed by atoms with E-state index in [1.165, 1.54) is 22.5 Å². The fourth-order valence-electron chi connectivity index (χ4n) is 1.67. The predicted octanol–water partition coefficient (Wildman–Crippen LogP) is 4.27. The maximum atomic E-state index is 11.6. The van der Waals surface area contributed by atoms with Gasteiger partial charge in [-0.05, 0) is 18.9 Å². The summed E-state index contributed by atoms with van der Waals surface area (Å²) >= 11 is 3.06. The number of aryl methyl sites for hydroxylation is 1. The minimum Gasteiger partial charge on any atom is -0.301 e. The molecule has 4 nitrogen and oxygen atoms in total. The minimum atomic E-state index is 0.0167. The number of benzene rings is 1. The van der Waals surface area contributed by atoms with Crippen molar-refractivity contribution in [3.63, 3.8) is 0 Å². The van der Waals surface area contributed by atoms with E-state index in [2.05, 4.69) is 53.6 Å². The number of carbonyl (C=O) groups excluding carboxylic acids is 1. The van der Waals surface area contributed by atoms with Crippen molar-refractivity contribution in [1.29, 1.82) is 0 Å². The number of hydrogen-bond acceptors (Lipinski definition) is 5. The van der Waals surface area contributed by atoms with Gasteiger partial charge in [-0.1, -0.05) is 66.3 Å². The fourth-order valence-corrected chi connectivity index (χ4v) is 3.39. The average Bonchev–Trinajstić information content (AvgIpc) is 2.92. The maximum absolute atomic E-state index is 11.6. The molecule has 21 heavy (non-hydrogen) atoms. The van der Waals surface area contributed by atoms with Crippen LogP contribution >= 0.6 is 23.1 Å². The Morgan fingerprint density at radius 2 is 2.05 bits per heavy atom. The fraction of sp³-hybridized carbons (Fsp3) is 0.400. The highest BCUT2D eigenvalue weighted by Gasteiger charge is 2.08. The molecule has 1 heterocycles. The normalized spacial score (nSPS) is 10.6. The van der Waals surface area contributed by atoms with Crippen LogP contribution in [0.3, 0.4) is 0 Å². The Labute approximate surface area is 133 Å². The van der Waals surface area contributed by atoms with Crippen LogP contribution in [0.2, 0.25) is 0 Å². The number of rotatable bonds is 7. The van der Waals surface area contributed by atoms with Gasteiger partial charge in [0.2, 0.25) is 11.0 Å². The quantitative estimate of drug-likeness (QED) is 0.611. The number of nitrogens with zero attached hydrogens (tertiary/aromatic N) is 2. The number of nitrogens with one attached hydrogen (secondary N) is 1. The van der Waals surface area contributed by atoms with Gasteiger partial charge in [0.25, 0.3) is 0 Å². The number of amides is 1. The van der Waals surface area contributed by atoms with Gasteiger partial charge in [0.1, 0.15) is 0 Å². The molecule has 1 N–H and O–H groups in total. The Hall–Kier alpha value is -1.40. The number of carbonyl (C=O) groups is 1. The van der Waals surface area contributed by atoms with Gasteiger partial charge in [-0.2, -0.15) is 0 Å². The van der Waals surface area contributed by atoms with E-state index in [4.69, 9.17) is 0 Å². The number of unbranched alkanes of at least 4 members (excludes halogenated alkanes) is 1. The van der Waals surface area contributed by atoms with Crippen molar-refractivity contribution in [2.24, 2.45) is 0 Å². The topological polar surface area (TPSA) is 54.9 Å². The van der Waals surface area contributed by atoms with Crippen molar-refractivity contribution in [2.75, 3.05) is 5.32 Å². The first-order chi connectivity index (χ1) is 10.2. The van der Waals surface area contributed by atoms with E-state index >= 15 is 0 Å². The molecular weight excluding hydrogens is 302 g/mol.